The van der Waals surface area contributed by atoms with Gasteiger partial charge in [-0.05, 0) is 35.8 Å². The molecule has 0 radical (unpaired) electrons. The number of fused-ring (bicyclic) bond motifs is 1. The van der Waals surface area contributed by atoms with Crippen LogP contribution in [-0.4, -0.2) is 35.6 Å². The van der Waals surface area contributed by atoms with E-state index in [9.17, 15) is 14.7 Å². The predicted molar refractivity (Wildman–Crippen MR) is 107 cm³/mol. The minimum atomic E-state index is -0.630. The molecule has 3 aromatic rings. The van der Waals surface area contributed by atoms with Gasteiger partial charge < -0.3 is 19.6 Å². The van der Waals surface area contributed by atoms with Gasteiger partial charge in [0.15, 0.2) is 18.1 Å². The van der Waals surface area contributed by atoms with Crippen molar-refractivity contribution in [2.75, 3.05) is 13.7 Å². The van der Waals surface area contributed by atoms with E-state index in [0.717, 1.165) is 22.9 Å². The molecule has 0 saturated carbocycles. The van der Waals surface area contributed by atoms with E-state index in [4.69, 9.17) is 9.47 Å². The van der Waals surface area contributed by atoms with Crippen molar-refractivity contribution in [2.45, 2.75) is 13.3 Å². The first-order chi connectivity index (χ1) is 13.5. The van der Waals surface area contributed by atoms with Crippen molar-refractivity contribution in [2.24, 2.45) is 0 Å². The van der Waals surface area contributed by atoms with E-state index in [1.54, 1.807) is 18.3 Å². The lowest BCUT2D eigenvalue weighted by Gasteiger charge is -2.04. The summed E-state index contributed by atoms with van der Waals surface area (Å²) in [6.45, 7) is 1.71. The molecular weight excluding hydrogens is 358 g/mol. The van der Waals surface area contributed by atoms with Crippen molar-refractivity contribution in [1.82, 2.24) is 4.98 Å². The Kier molecular flexibility index (Phi) is 5.79. The summed E-state index contributed by atoms with van der Waals surface area (Å²) in [7, 11) is 1.44. The molecule has 0 aliphatic carbocycles. The average Bonchev–Trinajstić information content (AvgIpc) is 3.15. The number of Topliss-reactive ketones (excluding diaryl/α,β-unsaturated/α-hetero) is 1. The lowest BCUT2D eigenvalue weighted by atomic mass is 10.1. The number of hydrogen-bond acceptors (Lipinski definition) is 5. The number of rotatable bonds is 7. The minimum absolute atomic E-state index is 0.0118. The molecule has 1 heterocycles. The average molecular weight is 379 g/mol. The zero-order valence-corrected chi connectivity index (χ0v) is 15.7. The summed E-state index contributed by atoms with van der Waals surface area (Å²) in [4.78, 5) is 27.5. The number of benzene rings is 2. The van der Waals surface area contributed by atoms with E-state index < -0.39 is 5.97 Å². The van der Waals surface area contributed by atoms with Gasteiger partial charge in [-0.1, -0.05) is 31.2 Å². The quantitative estimate of drug-likeness (QED) is 0.369. The van der Waals surface area contributed by atoms with Crippen LogP contribution in [-0.2, 0) is 16.0 Å². The molecule has 0 aliphatic rings. The third-order valence-corrected chi connectivity index (χ3v) is 4.44. The normalized spacial score (nSPS) is 11.1. The third kappa shape index (κ3) is 4.06. The number of para-hydroxylation sites is 1. The number of esters is 1. The number of ether oxygens (including phenoxy) is 2. The van der Waals surface area contributed by atoms with E-state index in [0.29, 0.717) is 16.9 Å². The number of aromatic amines is 1. The number of nitrogens with one attached hydrogen (secondary N) is 1. The smallest absolute Gasteiger partial charge is 0.331 e. The maximum Gasteiger partial charge on any atom is 0.331 e. The number of carbonyl (C=O) groups excluding carboxylic acids is 2. The number of methoxy groups -OCH3 is 1. The van der Waals surface area contributed by atoms with E-state index >= 15 is 0 Å². The topological polar surface area (TPSA) is 88.6 Å². The van der Waals surface area contributed by atoms with Gasteiger partial charge in [0.1, 0.15) is 0 Å². The van der Waals surface area contributed by atoms with Crippen molar-refractivity contribution in [3.8, 4) is 11.5 Å². The maximum atomic E-state index is 12.5. The fraction of sp³-hybridized carbons (Fsp3) is 0.182. The molecule has 3 rings (SSSR count). The number of ketones is 1. The highest BCUT2D eigenvalue weighted by Crippen LogP contribution is 2.26. The van der Waals surface area contributed by atoms with Gasteiger partial charge in [-0.25, -0.2) is 4.79 Å². The zero-order chi connectivity index (χ0) is 20.1. The van der Waals surface area contributed by atoms with Crippen LogP contribution >= 0.6 is 0 Å². The second-order valence-electron chi connectivity index (χ2n) is 6.19. The van der Waals surface area contributed by atoms with Crippen molar-refractivity contribution < 1.29 is 24.2 Å². The van der Waals surface area contributed by atoms with Gasteiger partial charge in [-0.15, -0.1) is 0 Å². The molecule has 1 aromatic heterocycles. The van der Waals surface area contributed by atoms with Crippen molar-refractivity contribution in [3.63, 3.8) is 0 Å². The molecule has 28 heavy (non-hydrogen) atoms. The van der Waals surface area contributed by atoms with Gasteiger partial charge in [0.2, 0.25) is 5.78 Å². The Bertz CT molecular complexity index is 1050. The summed E-state index contributed by atoms with van der Waals surface area (Å²) in [5, 5.41) is 10.4. The van der Waals surface area contributed by atoms with Crippen LogP contribution in [0.5, 0.6) is 11.5 Å². The second kappa shape index (κ2) is 8.43. The van der Waals surface area contributed by atoms with Crippen LogP contribution in [0.4, 0.5) is 0 Å². The van der Waals surface area contributed by atoms with Gasteiger partial charge in [0.05, 0.1) is 7.11 Å². The summed E-state index contributed by atoms with van der Waals surface area (Å²) in [6, 6.07) is 10.5. The number of aryl methyl sites for hydroxylation is 1. The standard InChI is InChI=1S/C22H21NO5/c1-3-15-5-4-6-16-17(12-23-22(15)16)19(25)13-28-21(26)10-8-14-7-9-18(24)20(11-14)27-2/h4-12,23-24H,3,13H2,1-2H3. The fourth-order valence-electron chi connectivity index (χ4n) is 2.97. The van der Waals surface area contributed by atoms with E-state index in [2.05, 4.69) is 11.9 Å². The van der Waals surface area contributed by atoms with Crippen LogP contribution in [0, 0.1) is 0 Å². The van der Waals surface area contributed by atoms with E-state index in [1.807, 2.05) is 18.2 Å². The monoisotopic (exact) mass is 379 g/mol. The van der Waals surface area contributed by atoms with Gasteiger partial charge in [0.25, 0.3) is 0 Å². The first kappa shape index (κ1) is 19.2. The molecule has 6 nitrogen and oxygen atoms in total. The Morgan fingerprint density at radius 1 is 1.21 bits per heavy atom. The molecule has 0 atom stereocenters. The van der Waals surface area contributed by atoms with Crippen LogP contribution < -0.4 is 4.74 Å². The number of aromatic hydroxyl groups is 1. The lowest BCUT2D eigenvalue weighted by molar-refractivity contribution is -0.136. The van der Waals surface area contributed by atoms with Crippen LogP contribution in [0.15, 0.2) is 48.7 Å². The molecule has 2 aromatic carbocycles. The summed E-state index contributed by atoms with van der Waals surface area (Å²) < 4.78 is 10.1. The molecule has 2 N–H and O–H groups in total. The number of H-pyrrole nitrogens is 1. The van der Waals surface area contributed by atoms with Gasteiger partial charge in [0, 0.05) is 28.7 Å². The highest BCUT2D eigenvalue weighted by molar-refractivity contribution is 6.09. The fourth-order valence-corrected chi connectivity index (χ4v) is 2.97. The second-order valence-corrected chi connectivity index (χ2v) is 6.19. The van der Waals surface area contributed by atoms with Crippen molar-refractivity contribution in [3.05, 3.63) is 65.4 Å². The Morgan fingerprint density at radius 3 is 2.79 bits per heavy atom. The van der Waals surface area contributed by atoms with Crippen LogP contribution in [0.3, 0.4) is 0 Å². The summed E-state index contributed by atoms with van der Waals surface area (Å²) in [5.74, 6) is -0.587. The molecule has 0 fully saturated rings. The Labute approximate surface area is 162 Å². The van der Waals surface area contributed by atoms with Crippen LogP contribution in [0.2, 0.25) is 0 Å². The maximum absolute atomic E-state index is 12.5. The van der Waals surface area contributed by atoms with Crippen LogP contribution in [0.1, 0.15) is 28.4 Å². The highest BCUT2D eigenvalue weighted by Gasteiger charge is 2.15. The molecular formula is C22H21NO5. The number of aromatic nitrogens is 1. The van der Waals surface area contributed by atoms with E-state index in [1.165, 1.54) is 25.3 Å². The molecule has 0 unspecified atom stereocenters. The van der Waals surface area contributed by atoms with E-state index in [-0.39, 0.29) is 18.1 Å². The predicted octanol–water partition coefficient (Wildman–Crippen LogP) is 3.88. The van der Waals surface area contributed by atoms with Gasteiger partial charge in [-0.3, -0.25) is 4.79 Å². The third-order valence-electron chi connectivity index (χ3n) is 4.44. The Morgan fingerprint density at radius 2 is 2.04 bits per heavy atom. The molecule has 0 amide bonds. The number of hydrogen-bond donors (Lipinski definition) is 2. The molecule has 6 heteroatoms. The summed E-state index contributed by atoms with van der Waals surface area (Å²) >= 11 is 0. The molecule has 0 spiro atoms. The van der Waals surface area contributed by atoms with Crippen molar-refractivity contribution >= 4 is 28.7 Å². The highest BCUT2D eigenvalue weighted by atomic mass is 16.5. The first-order valence-electron chi connectivity index (χ1n) is 8.87. The zero-order valence-electron chi connectivity index (χ0n) is 15.7. The summed E-state index contributed by atoms with van der Waals surface area (Å²) in [6.07, 6.45) is 5.25. The molecule has 0 bridgehead atoms. The molecule has 144 valence electrons. The van der Waals surface area contributed by atoms with Gasteiger partial charge >= 0.3 is 5.97 Å². The van der Waals surface area contributed by atoms with Crippen molar-refractivity contribution in [1.29, 1.82) is 0 Å². The SMILES string of the molecule is CCc1cccc2c(C(=O)COC(=O)C=Cc3ccc(O)c(OC)c3)c[nH]c12. The number of carbonyl (C=O) groups is 2. The van der Waals surface area contributed by atoms with Crippen LogP contribution in [0.25, 0.3) is 17.0 Å². The largest absolute Gasteiger partial charge is 0.504 e. The summed E-state index contributed by atoms with van der Waals surface area (Å²) in [5.41, 5.74) is 3.22. The lowest BCUT2D eigenvalue weighted by Crippen LogP contribution is -2.12. The Balaban J connectivity index is 1.64. The Hall–Kier alpha value is -3.54. The molecule has 0 aliphatic heterocycles. The number of phenols is 1. The number of phenolic OH excluding ortho intramolecular Hbond substituents is 1. The van der Waals surface area contributed by atoms with Gasteiger partial charge in [-0.2, -0.15) is 0 Å². The minimum Gasteiger partial charge on any atom is -0.504 e. The molecule has 0 saturated heterocycles. The first-order valence-corrected chi connectivity index (χ1v) is 8.87.